The summed E-state index contributed by atoms with van der Waals surface area (Å²) in [5, 5.41) is 4.87. The van der Waals surface area contributed by atoms with Gasteiger partial charge >= 0.3 is 30.1 Å². The number of benzene rings is 1. The molecule has 2 aliphatic rings. The highest BCUT2D eigenvalue weighted by Crippen LogP contribution is 2.44. The highest BCUT2D eigenvalue weighted by Gasteiger charge is 2.47. The number of hydrogen-bond donors (Lipinski definition) is 3. The van der Waals surface area contributed by atoms with Crippen molar-refractivity contribution in [3.63, 3.8) is 0 Å². The molecule has 0 radical (unpaired) electrons. The fraction of sp³-hybridized carbons (Fsp3) is 0.529. The molecule has 1 aliphatic heterocycles. The molecule has 0 bridgehead atoms. The van der Waals surface area contributed by atoms with Crippen LogP contribution in [0.25, 0.3) is 0 Å². The summed E-state index contributed by atoms with van der Waals surface area (Å²) in [7, 11) is 1.21. The van der Waals surface area contributed by atoms with Crippen LogP contribution in [0.5, 0.6) is 0 Å². The van der Waals surface area contributed by atoms with E-state index in [9.17, 15) is 28.8 Å². The summed E-state index contributed by atoms with van der Waals surface area (Å²) in [6.45, 7) is 9.62. The molecule has 1 aromatic carbocycles. The number of rotatable bonds is 12. The van der Waals surface area contributed by atoms with Gasteiger partial charge in [0, 0.05) is 12.3 Å². The zero-order valence-corrected chi connectivity index (χ0v) is 28.7. The molecule has 1 heterocycles. The number of carbonyl (C=O) groups excluding carboxylic acids is 6. The minimum Gasteiger partial charge on any atom is -0.466 e. The van der Waals surface area contributed by atoms with Gasteiger partial charge in [-0.1, -0.05) is 36.4 Å². The van der Waals surface area contributed by atoms with E-state index in [0.717, 1.165) is 11.8 Å². The smallest absolute Gasteiger partial charge is 0.408 e. The molecular weight excluding hydrogens is 642 g/mol. The first-order chi connectivity index (χ1) is 22.9. The second kappa shape index (κ2) is 16.3. The maximum Gasteiger partial charge on any atom is 0.408 e. The lowest BCUT2D eigenvalue weighted by Crippen LogP contribution is -2.48. The van der Waals surface area contributed by atoms with Crippen LogP contribution in [0.2, 0.25) is 0 Å². The predicted octanol–water partition coefficient (Wildman–Crippen LogP) is 2.95. The van der Waals surface area contributed by atoms with Crippen LogP contribution in [0, 0.1) is 11.8 Å². The van der Waals surface area contributed by atoms with Crippen molar-refractivity contribution in [1.82, 2.24) is 10.6 Å². The Kier molecular flexibility index (Phi) is 12.8. The number of primary amides is 1. The van der Waals surface area contributed by atoms with Crippen LogP contribution in [-0.2, 0) is 54.0 Å². The van der Waals surface area contributed by atoms with E-state index in [1.165, 1.54) is 7.11 Å². The fourth-order valence-corrected chi connectivity index (χ4v) is 5.18. The van der Waals surface area contributed by atoms with Crippen molar-refractivity contribution in [3.8, 4) is 0 Å². The van der Waals surface area contributed by atoms with Gasteiger partial charge in [-0.15, -0.1) is 0 Å². The Morgan fingerprint density at radius 2 is 1.49 bits per heavy atom. The van der Waals surface area contributed by atoms with Gasteiger partial charge in [0.2, 0.25) is 5.91 Å². The van der Waals surface area contributed by atoms with Crippen molar-refractivity contribution in [2.24, 2.45) is 17.6 Å². The van der Waals surface area contributed by atoms with Gasteiger partial charge in [0.1, 0.15) is 29.9 Å². The molecule has 5 atom stereocenters. The number of allylic oxidation sites excluding steroid dienone is 1. The Balaban J connectivity index is 1.81. The van der Waals surface area contributed by atoms with Crippen molar-refractivity contribution in [2.45, 2.75) is 90.4 Å². The summed E-state index contributed by atoms with van der Waals surface area (Å²) in [6, 6.07) is 6.35. The van der Waals surface area contributed by atoms with Gasteiger partial charge in [0.15, 0.2) is 0 Å². The summed E-state index contributed by atoms with van der Waals surface area (Å²) >= 11 is 0. The summed E-state index contributed by atoms with van der Waals surface area (Å²) < 4.78 is 32.4. The molecule has 4 N–H and O–H groups in total. The van der Waals surface area contributed by atoms with Crippen LogP contribution in [0.3, 0.4) is 0 Å². The second-order valence-electron chi connectivity index (χ2n) is 13.5. The molecule has 0 fully saturated rings. The number of fused-ring (bicyclic) bond motifs is 1. The molecule has 15 heteroatoms. The zero-order valence-electron chi connectivity index (χ0n) is 28.7. The number of ether oxygens (including phenoxy) is 6. The molecule has 1 aromatic rings. The molecule has 3 rings (SSSR count). The minimum atomic E-state index is -1.52. The third-order valence-corrected chi connectivity index (χ3v) is 7.19. The molecule has 268 valence electrons. The summed E-state index contributed by atoms with van der Waals surface area (Å²) in [6.07, 6.45) is -0.527. The lowest BCUT2D eigenvalue weighted by atomic mass is 9.83. The standard InChI is InChI=1S/C34H45N3O12/c1-33(2,3)48-31(42)36-23(15-19-11-9-8-10-12-19)28(40)45-17-20-13-14-21-22(27(39)44-7)18-46-30(26(20)21)47-29(41)24(16-25(35)38)37-32(43)49-34(4,5)6/h8-13,18,21,23-24,26,30H,14-17H2,1-7H3,(H2,35,38)(H,36,42)(H,37,43)/t21-,23+,24+,26-,30+/m1/s1. The van der Waals surface area contributed by atoms with E-state index < -0.39 is 83.8 Å². The molecule has 0 spiro atoms. The van der Waals surface area contributed by atoms with Gasteiger partial charge in [-0.3, -0.25) is 4.79 Å². The quantitative estimate of drug-likeness (QED) is 0.165. The highest BCUT2D eigenvalue weighted by atomic mass is 16.7. The molecular formula is C34H45N3O12. The van der Waals surface area contributed by atoms with E-state index in [2.05, 4.69) is 10.6 Å². The van der Waals surface area contributed by atoms with E-state index in [1.807, 2.05) is 6.07 Å². The molecule has 3 amide bonds. The first-order valence-electron chi connectivity index (χ1n) is 15.7. The van der Waals surface area contributed by atoms with Crippen LogP contribution in [0.15, 0.2) is 53.8 Å². The van der Waals surface area contributed by atoms with E-state index in [1.54, 1.807) is 71.9 Å². The Morgan fingerprint density at radius 3 is 2.04 bits per heavy atom. The first kappa shape index (κ1) is 38.4. The Hall–Kier alpha value is -5.08. The number of nitrogens with one attached hydrogen (secondary N) is 2. The zero-order chi connectivity index (χ0) is 36.5. The molecule has 0 saturated heterocycles. The number of hydrogen-bond acceptors (Lipinski definition) is 12. The first-order valence-corrected chi connectivity index (χ1v) is 15.7. The Labute approximate surface area is 284 Å². The highest BCUT2D eigenvalue weighted by molar-refractivity contribution is 5.90. The van der Waals surface area contributed by atoms with Crippen LogP contribution in [0.4, 0.5) is 9.59 Å². The lowest BCUT2D eigenvalue weighted by molar-refractivity contribution is -0.185. The van der Waals surface area contributed by atoms with Crippen molar-refractivity contribution in [1.29, 1.82) is 0 Å². The minimum absolute atomic E-state index is 0.106. The number of carbonyl (C=O) groups is 6. The fourth-order valence-electron chi connectivity index (χ4n) is 5.18. The normalized spacial score (nSPS) is 19.7. The Morgan fingerprint density at radius 1 is 0.898 bits per heavy atom. The van der Waals surface area contributed by atoms with Gasteiger partial charge in [0.05, 0.1) is 31.3 Å². The number of esters is 3. The maximum atomic E-state index is 13.4. The van der Waals surface area contributed by atoms with Gasteiger partial charge in [0.25, 0.3) is 6.29 Å². The summed E-state index contributed by atoms with van der Waals surface area (Å²) in [5.41, 5.74) is 4.97. The van der Waals surface area contributed by atoms with Crippen molar-refractivity contribution in [2.75, 3.05) is 13.7 Å². The van der Waals surface area contributed by atoms with E-state index in [4.69, 9.17) is 34.2 Å². The molecule has 15 nitrogen and oxygen atoms in total. The number of methoxy groups -OCH3 is 1. The van der Waals surface area contributed by atoms with Crippen molar-refractivity contribution < 1.29 is 57.2 Å². The third kappa shape index (κ3) is 11.8. The number of alkyl carbamates (subject to hydrolysis) is 2. The van der Waals surface area contributed by atoms with E-state index >= 15 is 0 Å². The van der Waals surface area contributed by atoms with Crippen molar-refractivity contribution in [3.05, 3.63) is 59.4 Å². The molecule has 0 unspecified atom stereocenters. The van der Waals surface area contributed by atoms with Gasteiger partial charge in [-0.25, -0.2) is 24.0 Å². The maximum absolute atomic E-state index is 13.4. The topological polar surface area (TPSA) is 208 Å². The van der Waals surface area contributed by atoms with Gasteiger partial charge in [-0.05, 0) is 59.1 Å². The molecule has 49 heavy (non-hydrogen) atoms. The van der Waals surface area contributed by atoms with Gasteiger partial charge in [-0.2, -0.15) is 0 Å². The number of nitrogens with two attached hydrogens (primary N) is 1. The van der Waals surface area contributed by atoms with E-state index in [-0.39, 0.29) is 25.0 Å². The lowest BCUT2D eigenvalue weighted by Gasteiger charge is -2.35. The summed E-state index contributed by atoms with van der Waals surface area (Å²) in [4.78, 5) is 76.1. The molecule has 1 aliphatic carbocycles. The summed E-state index contributed by atoms with van der Waals surface area (Å²) in [5.74, 6) is -4.83. The Bertz CT molecular complexity index is 1460. The van der Waals surface area contributed by atoms with Crippen LogP contribution in [-0.4, -0.2) is 79.3 Å². The van der Waals surface area contributed by atoms with Crippen molar-refractivity contribution >= 4 is 36.0 Å². The monoisotopic (exact) mass is 687 g/mol. The molecule has 0 saturated carbocycles. The number of amides is 3. The largest absolute Gasteiger partial charge is 0.466 e. The second-order valence-corrected chi connectivity index (χ2v) is 13.5. The van der Waals surface area contributed by atoms with Crippen LogP contribution < -0.4 is 16.4 Å². The SMILES string of the molecule is COC(=O)C1=CO[C@@H](OC(=O)[C@H](CC(N)=O)NC(=O)OC(C)(C)C)[C@@H]2C(COC(=O)[C@H](Cc3ccccc3)NC(=O)OC(C)(C)C)=CC[C@H]12. The van der Waals surface area contributed by atoms with Gasteiger partial charge < -0.3 is 44.8 Å². The molecule has 0 aromatic heterocycles. The average Bonchev–Trinajstić information content (AvgIpc) is 3.42. The van der Waals surface area contributed by atoms with E-state index in [0.29, 0.717) is 5.57 Å². The average molecular weight is 688 g/mol. The van der Waals surface area contributed by atoms with Crippen LogP contribution >= 0.6 is 0 Å². The predicted molar refractivity (Wildman–Crippen MR) is 172 cm³/mol. The third-order valence-electron chi connectivity index (χ3n) is 7.19. The van der Waals surface area contributed by atoms with Crippen LogP contribution in [0.1, 0.15) is 59.9 Å².